The summed E-state index contributed by atoms with van der Waals surface area (Å²) in [6, 6.07) is 6.93. The third kappa shape index (κ3) is 3.94. The smallest absolute Gasteiger partial charge is 0.269 e. The van der Waals surface area contributed by atoms with Crippen LogP contribution in [0, 0.1) is 27.6 Å². The topological polar surface area (TPSA) is 72.2 Å². The second-order valence-electron chi connectivity index (χ2n) is 4.39. The van der Waals surface area contributed by atoms with E-state index in [0.717, 1.165) is 12.1 Å². The van der Waals surface area contributed by atoms with E-state index < -0.39 is 34.0 Å². The van der Waals surface area contributed by atoms with Gasteiger partial charge >= 0.3 is 0 Å². The molecule has 8 heteroatoms. The summed E-state index contributed by atoms with van der Waals surface area (Å²) < 4.78 is 39.2. The van der Waals surface area contributed by atoms with Gasteiger partial charge in [-0.3, -0.25) is 14.9 Å². The van der Waals surface area contributed by atoms with E-state index in [1.165, 1.54) is 30.3 Å². The van der Waals surface area contributed by atoms with E-state index in [1.807, 2.05) is 0 Å². The van der Waals surface area contributed by atoms with Gasteiger partial charge in [0.2, 0.25) is 5.91 Å². The molecule has 5 nitrogen and oxygen atoms in total. The Hall–Kier alpha value is -3.16. The van der Waals surface area contributed by atoms with Crippen LogP contribution in [-0.4, -0.2) is 10.8 Å². The van der Waals surface area contributed by atoms with E-state index in [4.69, 9.17) is 0 Å². The molecule has 0 fully saturated rings. The molecule has 0 aliphatic carbocycles. The number of anilines is 1. The highest BCUT2D eigenvalue weighted by molar-refractivity contribution is 6.02. The Bertz CT molecular complexity index is 789. The van der Waals surface area contributed by atoms with Crippen molar-refractivity contribution in [1.29, 1.82) is 0 Å². The van der Waals surface area contributed by atoms with Crippen molar-refractivity contribution in [3.05, 3.63) is 75.6 Å². The number of nitrogens with one attached hydrogen (secondary N) is 1. The fourth-order valence-electron chi connectivity index (χ4n) is 1.68. The van der Waals surface area contributed by atoms with E-state index in [-0.39, 0.29) is 5.69 Å². The Labute approximate surface area is 128 Å². The number of rotatable bonds is 4. The van der Waals surface area contributed by atoms with Gasteiger partial charge in [0.15, 0.2) is 17.5 Å². The molecule has 0 saturated heterocycles. The zero-order valence-electron chi connectivity index (χ0n) is 11.4. The maximum absolute atomic E-state index is 13.4. The van der Waals surface area contributed by atoms with Crippen LogP contribution in [0.1, 0.15) is 5.56 Å². The van der Waals surface area contributed by atoms with Crippen molar-refractivity contribution in [1.82, 2.24) is 0 Å². The number of benzene rings is 2. The minimum atomic E-state index is -1.68. The van der Waals surface area contributed by atoms with E-state index in [0.29, 0.717) is 11.6 Å². The Morgan fingerprint density at radius 3 is 2.30 bits per heavy atom. The lowest BCUT2D eigenvalue weighted by atomic mass is 10.2. The zero-order valence-corrected chi connectivity index (χ0v) is 11.4. The predicted octanol–water partition coefficient (Wildman–Crippen LogP) is 3.66. The van der Waals surface area contributed by atoms with Crippen LogP contribution >= 0.6 is 0 Å². The summed E-state index contributed by atoms with van der Waals surface area (Å²) in [5, 5.41) is 12.6. The van der Waals surface area contributed by atoms with E-state index in [1.54, 1.807) is 0 Å². The first-order valence-corrected chi connectivity index (χ1v) is 6.25. The van der Waals surface area contributed by atoms with Crippen molar-refractivity contribution in [3.8, 4) is 0 Å². The summed E-state index contributed by atoms with van der Waals surface area (Å²) in [6.45, 7) is 0. The number of nitro benzene ring substituents is 1. The predicted molar refractivity (Wildman–Crippen MR) is 77.1 cm³/mol. The third-order valence-electron chi connectivity index (χ3n) is 2.82. The number of hydrogen-bond acceptors (Lipinski definition) is 3. The lowest BCUT2D eigenvalue weighted by molar-refractivity contribution is -0.384. The second kappa shape index (κ2) is 6.73. The number of amides is 1. The van der Waals surface area contributed by atoms with E-state index in [2.05, 4.69) is 5.32 Å². The number of non-ortho nitro benzene ring substituents is 1. The van der Waals surface area contributed by atoms with Crippen LogP contribution in [0.15, 0.2) is 42.5 Å². The molecule has 0 unspecified atom stereocenters. The van der Waals surface area contributed by atoms with Gasteiger partial charge in [-0.2, -0.15) is 0 Å². The summed E-state index contributed by atoms with van der Waals surface area (Å²) in [5.41, 5.74) is -0.103. The Kier molecular flexibility index (Phi) is 4.75. The van der Waals surface area contributed by atoms with Crippen LogP contribution in [-0.2, 0) is 4.79 Å². The van der Waals surface area contributed by atoms with Crippen molar-refractivity contribution in [2.75, 3.05) is 5.32 Å². The van der Waals surface area contributed by atoms with Crippen molar-refractivity contribution in [2.24, 2.45) is 0 Å². The SMILES string of the molecule is O=C(/C=C/c1ccc([N+](=O)[O-])cc1)Nc1ccc(F)c(F)c1F. The maximum atomic E-state index is 13.4. The first-order chi connectivity index (χ1) is 10.9. The molecular formula is C15H9F3N2O3. The van der Waals surface area contributed by atoms with Crippen LogP contribution in [0.3, 0.4) is 0 Å². The maximum Gasteiger partial charge on any atom is 0.269 e. The summed E-state index contributed by atoms with van der Waals surface area (Å²) in [7, 11) is 0. The fraction of sp³-hybridized carbons (Fsp3) is 0. The molecule has 2 aromatic carbocycles. The zero-order chi connectivity index (χ0) is 17.0. The summed E-state index contributed by atoms with van der Waals surface area (Å²) in [5.74, 6) is -5.31. The fourth-order valence-corrected chi connectivity index (χ4v) is 1.68. The molecule has 0 atom stereocenters. The largest absolute Gasteiger partial charge is 0.320 e. The van der Waals surface area contributed by atoms with Gasteiger partial charge in [-0.15, -0.1) is 0 Å². The van der Waals surface area contributed by atoms with Gasteiger partial charge < -0.3 is 5.32 Å². The van der Waals surface area contributed by atoms with Gasteiger partial charge in [-0.1, -0.05) is 0 Å². The first kappa shape index (κ1) is 16.2. The number of nitrogens with zero attached hydrogens (tertiary/aromatic N) is 1. The van der Waals surface area contributed by atoms with Gasteiger partial charge in [0.05, 0.1) is 10.6 Å². The molecule has 0 aromatic heterocycles. The van der Waals surface area contributed by atoms with Crippen LogP contribution in [0.2, 0.25) is 0 Å². The molecule has 0 radical (unpaired) electrons. The molecule has 1 amide bonds. The minimum absolute atomic E-state index is 0.101. The third-order valence-corrected chi connectivity index (χ3v) is 2.82. The molecular weight excluding hydrogens is 313 g/mol. The molecule has 0 aliphatic heterocycles. The average molecular weight is 322 g/mol. The number of carbonyl (C=O) groups excluding carboxylic acids is 1. The summed E-state index contributed by atoms with van der Waals surface area (Å²) in [4.78, 5) is 21.6. The van der Waals surface area contributed by atoms with Gasteiger partial charge in [0.1, 0.15) is 0 Å². The van der Waals surface area contributed by atoms with Crippen LogP contribution < -0.4 is 5.32 Å². The molecule has 23 heavy (non-hydrogen) atoms. The standard InChI is InChI=1S/C15H9F3N2O3/c16-11-6-7-12(15(18)14(11)17)19-13(21)8-3-9-1-4-10(5-2-9)20(22)23/h1-8H,(H,19,21)/b8-3+. The Morgan fingerprint density at radius 2 is 1.70 bits per heavy atom. The summed E-state index contributed by atoms with van der Waals surface area (Å²) >= 11 is 0. The quantitative estimate of drug-likeness (QED) is 0.404. The molecule has 1 N–H and O–H groups in total. The van der Waals surface area contributed by atoms with Gasteiger partial charge in [0, 0.05) is 18.2 Å². The highest BCUT2D eigenvalue weighted by Crippen LogP contribution is 2.19. The average Bonchev–Trinajstić information content (AvgIpc) is 2.54. The lowest BCUT2D eigenvalue weighted by Gasteiger charge is -2.04. The van der Waals surface area contributed by atoms with Gasteiger partial charge in [0.25, 0.3) is 5.69 Å². The highest BCUT2D eigenvalue weighted by Gasteiger charge is 2.14. The number of carbonyl (C=O) groups is 1. The molecule has 0 saturated carbocycles. The van der Waals surface area contributed by atoms with Crippen LogP contribution in [0.25, 0.3) is 6.08 Å². The molecule has 0 aliphatic rings. The van der Waals surface area contributed by atoms with Crippen molar-refractivity contribution in [2.45, 2.75) is 0 Å². The summed E-state index contributed by atoms with van der Waals surface area (Å²) in [6.07, 6.45) is 2.36. The number of halogens is 3. The van der Waals surface area contributed by atoms with Gasteiger partial charge in [-0.25, -0.2) is 13.2 Å². The van der Waals surface area contributed by atoms with E-state index in [9.17, 15) is 28.1 Å². The molecule has 0 bridgehead atoms. The van der Waals surface area contributed by atoms with Crippen LogP contribution in [0.4, 0.5) is 24.5 Å². The lowest BCUT2D eigenvalue weighted by Crippen LogP contribution is -2.10. The van der Waals surface area contributed by atoms with Gasteiger partial charge in [-0.05, 0) is 35.9 Å². The highest BCUT2D eigenvalue weighted by atomic mass is 19.2. The van der Waals surface area contributed by atoms with E-state index >= 15 is 0 Å². The molecule has 0 heterocycles. The van der Waals surface area contributed by atoms with Crippen LogP contribution in [0.5, 0.6) is 0 Å². The Balaban J connectivity index is 2.07. The normalized spacial score (nSPS) is 10.7. The molecule has 2 rings (SSSR count). The van der Waals surface area contributed by atoms with Crippen molar-refractivity contribution in [3.63, 3.8) is 0 Å². The second-order valence-corrected chi connectivity index (χ2v) is 4.39. The molecule has 118 valence electrons. The van der Waals surface area contributed by atoms with Crippen molar-refractivity contribution >= 4 is 23.4 Å². The molecule has 0 spiro atoms. The Morgan fingerprint density at radius 1 is 1.04 bits per heavy atom. The van der Waals surface area contributed by atoms with Crippen molar-refractivity contribution < 1.29 is 22.9 Å². The number of nitro groups is 1. The monoisotopic (exact) mass is 322 g/mol. The minimum Gasteiger partial charge on any atom is -0.320 e. The molecule has 2 aromatic rings. The first-order valence-electron chi connectivity index (χ1n) is 6.25. The number of hydrogen-bond donors (Lipinski definition) is 1.